The first kappa shape index (κ1) is 14.7. The van der Waals surface area contributed by atoms with Crippen LogP contribution in [-0.2, 0) is 0 Å². The summed E-state index contributed by atoms with van der Waals surface area (Å²) in [5.41, 5.74) is 1.29. The third-order valence-corrected chi connectivity index (χ3v) is 4.39. The Hall–Kier alpha value is -1.26. The van der Waals surface area contributed by atoms with Crippen molar-refractivity contribution in [2.45, 2.75) is 19.3 Å². The van der Waals surface area contributed by atoms with E-state index in [1.165, 1.54) is 38.2 Å². The summed E-state index contributed by atoms with van der Waals surface area (Å²) in [4.78, 5) is 4.97. The molecule has 2 aliphatic rings. The monoisotopic (exact) mass is 289 g/mol. The van der Waals surface area contributed by atoms with E-state index in [1.54, 1.807) is 0 Å². The molecule has 0 atom stereocenters. The maximum Gasteiger partial charge on any atom is 0.121 e. The number of anilines is 1. The maximum absolute atomic E-state index is 5.93. The molecule has 116 valence electrons. The molecule has 0 aromatic heterocycles. The summed E-state index contributed by atoms with van der Waals surface area (Å²) in [5, 5.41) is 3.39. The van der Waals surface area contributed by atoms with Crippen LogP contribution in [0.25, 0.3) is 0 Å². The standard InChI is InChI=1S/C17H27N3O/c1-2-10-19(9-1)11-4-14-21-17-6-3-5-16(15-17)20-12-7-18-8-13-20/h3,5-6,15,18H,1-2,4,7-14H2. The Kier molecular flexibility index (Phi) is 5.35. The van der Waals surface area contributed by atoms with Crippen molar-refractivity contribution in [2.24, 2.45) is 0 Å². The molecule has 0 unspecified atom stereocenters. The van der Waals surface area contributed by atoms with Crippen LogP contribution in [-0.4, -0.2) is 57.3 Å². The zero-order valence-electron chi connectivity index (χ0n) is 12.9. The minimum Gasteiger partial charge on any atom is -0.493 e. The Morgan fingerprint density at radius 1 is 1.05 bits per heavy atom. The molecule has 4 nitrogen and oxygen atoms in total. The van der Waals surface area contributed by atoms with E-state index >= 15 is 0 Å². The van der Waals surface area contributed by atoms with Gasteiger partial charge < -0.3 is 19.9 Å². The van der Waals surface area contributed by atoms with Crippen LogP contribution in [0, 0.1) is 0 Å². The number of nitrogens with one attached hydrogen (secondary N) is 1. The fourth-order valence-electron chi connectivity index (χ4n) is 3.18. The van der Waals surface area contributed by atoms with Crippen molar-refractivity contribution in [2.75, 3.05) is 57.3 Å². The summed E-state index contributed by atoms with van der Waals surface area (Å²) in [6, 6.07) is 8.54. The van der Waals surface area contributed by atoms with Gasteiger partial charge in [0.15, 0.2) is 0 Å². The molecule has 2 saturated heterocycles. The first-order valence-electron chi connectivity index (χ1n) is 8.33. The van der Waals surface area contributed by atoms with Crippen LogP contribution in [0.5, 0.6) is 5.75 Å². The third-order valence-electron chi connectivity index (χ3n) is 4.39. The van der Waals surface area contributed by atoms with Crippen LogP contribution in [0.4, 0.5) is 5.69 Å². The molecular weight excluding hydrogens is 262 g/mol. The average molecular weight is 289 g/mol. The molecule has 1 aromatic carbocycles. The molecule has 4 heteroatoms. The number of benzene rings is 1. The summed E-state index contributed by atoms with van der Waals surface area (Å²) in [6.07, 6.45) is 3.86. The summed E-state index contributed by atoms with van der Waals surface area (Å²) in [7, 11) is 0. The molecule has 2 aliphatic heterocycles. The summed E-state index contributed by atoms with van der Waals surface area (Å²) in [5.74, 6) is 1.01. The number of hydrogen-bond donors (Lipinski definition) is 1. The van der Waals surface area contributed by atoms with Crippen LogP contribution in [0.1, 0.15) is 19.3 Å². The van der Waals surface area contributed by atoms with Crippen LogP contribution >= 0.6 is 0 Å². The van der Waals surface area contributed by atoms with Crippen LogP contribution in [0.3, 0.4) is 0 Å². The van der Waals surface area contributed by atoms with Crippen LogP contribution in [0.15, 0.2) is 24.3 Å². The number of nitrogens with zero attached hydrogens (tertiary/aromatic N) is 2. The second-order valence-corrected chi connectivity index (χ2v) is 5.99. The molecule has 0 bridgehead atoms. The molecule has 2 fully saturated rings. The molecule has 0 aliphatic carbocycles. The number of hydrogen-bond acceptors (Lipinski definition) is 4. The van der Waals surface area contributed by atoms with Crippen molar-refractivity contribution in [3.8, 4) is 5.75 Å². The lowest BCUT2D eigenvalue weighted by Crippen LogP contribution is -2.43. The van der Waals surface area contributed by atoms with E-state index < -0.39 is 0 Å². The van der Waals surface area contributed by atoms with Gasteiger partial charge in [0.2, 0.25) is 0 Å². The van der Waals surface area contributed by atoms with Gasteiger partial charge in [0.1, 0.15) is 5.75 Å². The SMILES string of the molecule is c1cc(OCCCN2CCCC2)cc(N2CCNCC2)c1. The zero-order valence-corrected chi connectivity index (χ0v) is 12.9. The van der Waals surface area contributed by atoms with Gasteiger partial charge in [-0.1, -0.05) is 6.07 Å². The average Bonchev–Trinajstić information content (AvgIpc) is 3.06. The van der Waals surface area contributed by atoms with Gasteiger partial charge in [-0.2, -0.15) is 0 Å². The van der Waals surface area contributed by atoms with Gasteiger partial charge in [0, 0.05) is 44.5 Å². The highest BCUT2D eigenvalue weighted by atomic mass is 16.5. The summed E-state index contributed by atoms with van der Waals surface area (Å²) >= 11 is 0. The van der Waals surface area contributed by atoms with Crippen molar-refractivity contribution in [3.05, 3.63) is 24.3 Å². The van der Waals surface area contributed by atoms with E-state index in [9.17, 15) is 0 Å². The molecule has 1 aromatic rings. The normalized spacial score (nSPS) is 19.9. The van der Waals surface area contributed by atoms with Crippen molar-refractivity contribution in [1.29, 1.82) is 0 Å². The fraction of sp³-hybridized carbons (Fsp3) is 0.647. The van der Waals surface area contributed by atoms with Gasteiger partial charge in [0.05, 0.1) is 6.61 Å². The number of likely N-dealkylation sites (tertiary alicyclic amines) is 1. The van der Waals surface area contributed by atoms with E-state index in [-0.39, 0.29) is 0 Å². The largest absolute Gasteiger partial charge is 0.493 e. The predicted octanol–water partition coefficient (Wildman–Crippen LogP) is 1.96. The Balaban J connectivity index is 1.44. The maximum atomic E-state index is 5.93. The predicted molar refractivity (Wildman–Crippen MR) is 87.3 cm³/mol. The van der Waals surface area contributed by atoms with Gasteiger partial charge in [-0.3, -0.25) is 0 Å². The Morgan fingerprint density at radius 2 is 1.86 bits per heavy atom. The fourth-order valence-corrected chi connectivity index (χ4v) is 3.18. The number of piperazine rings is 1. The van der Waals surface area contributed by atoms with Gasteiger partial charge in [-0.25, -0.2) is 0 Å². The van der Waals surface area contributed by atoms with E-state index in [1.807, 2.05) is 0 Å². The molecule has 0 amide bonds. The van der Waals surface area contributed by atoms with Crippen LogP contribution in [0.2, 0.25) is 0 Å². The highest BCUT2D eigenvalue weighted by Crippen LogP contribution is 2.21. The Morgan fingerprint density at radius 3 is 2.67 bits per heavy atom. The van der Waals surface area contributed by atoms with Gasteiger partial charge in [-0.15, -0.1) is 0 Å². The number of rotatable bonds is 6. The first-order chi connectivity index (χ1) is 10.4. The lowest BCUT2D eigenvalue weighted by Gasteiger charge is -2.29. The molecule has 2 heterocycles. The van der Waals surface area contributed by atoms with E-state index in [0.717, 1.165) is 45.0 Å². The quantitative estimate of drug-likeness (QED) is 0.810. The van der Waals surface area contributed by atoms with Gasteiger partial charge in [0.25, 0.3) is 0 Å². The number of ether oxygens (including phenoxy) is 1. The van der Waals surface area contributed by atoms with E-state index in [4.69, 9.17) is 4.74 Å². The summed E-state index contributed by atoms with van der Waals surface area (Å²) in [6.45, 7) is 8.86. The highest BCUT2D eigenvalue weighted by Gasteiger charge is 2.12. The van der Waals surface area contributed by atoms with Gasteiger partial charge in [-0.05, 0) is 44.5 Å². The van der Waals surface area contributed by atoms with E-state index in [0.29, 0.717) is 0 Å². The molecule has 0 spiro atoms. The van der Waals surface area contributed by atoms with Crippen molar-refractivity contribution in [1.82, 2.24) is 10.2 Å². The molecule has 0 radical (unpaired) electrons. The lowest BCUT2D eigenvalue weighted by atomic mass is 10.2. The second-order valence-electron chi connectivity index (χ2n) is 5.99. The summed E-state index contributed by atoms with van der Waals surface area (Å²) < 4.78 is 5.93. The van der Waals surface area contributed by atoms with Crippen molar-refractivity contribution >= 4 is 5.69 Å². The molecule has 3 rings (SSSR count). The topological polar surface area (TPSA) is 27.7 Å². The minimum absolute atomic E-state index is 0.821. The first-order valence-corrected chi connectivity index (χ1v) is 8.33. The lowest BCUT2D eigenvalue weighted by molar-refractivity contribution is 0.263. The molecular formula is C17H27N3O. The zero-order chi connectivity index (χ0) is 14.3. The highest BCUT2D eigenvalue weighted by molar-refractivity contribution is 5.51. The van der Waals surface area contributed by atoms with Crippen molar-refractivity contribution in [3.63, 3.8) is 0 Å². The second kappa shape index (κ2) is 7.66. The third kappa shape index (κ3) is 4.35. The molecule has 21 heavy (non-hydrogen) atoms. The van der Waals surface area contributed by atoms with Crippen molar-refractivity contribution < 1.29 is 4.74 Å². The molecule has 0 saturated carbocycles. The molecule has 1 N–H and O–H groups in total. The Bertz CT molecular complexity index is 426. The Labute approximate surface area is 128 Å². The van der Waals surface area contributed by atoms with Gasteiger partial charge >= 0.3 is 0 Å². The van der Waals surface area contributed by atoms with Crippen LogP contribution < -0.4 is 15.0 Å². The smallest absolute Gasteiger partial charge is 0.121 e. The van der Waals surface area contributed by atoms with E-state index in [2.05, 4.69) is 39.4 Å². The minimum atomic E-state index is 0.821.